The number of imidazole rings is 1. The van der Waals surface area contributed by atoms with Gasteiger partial charge in [-0.1, -0.05) is 23.7 Å². The zero-order valence-corrected chi connectivity index (χ0v) is 10.4. The maximum absolute atomic E-state index is 9.38. The first-order valence-corrected chi connectivity index (χ1v) is 5.95. The Morgan fingerprint density at radius 1 is 1.35 bits per heavy atom. The minimum Gasteiger partial charge on any atom is -0.393 e. The van der Waals surface area contributed by atoms with Crippen LogP contribution in [0.5, 0.6) is 0 Å². The zero-order chi connectivity index (χ0) is 12.3. The molecule has 0 aliphatic carbocycles. The molecule has 17 heavy (non-hydrogen) atoms. The number of benzene rings is 1. The van der Waals surface area contributed by atoms with Crippen LogP contribution in [0.4, 0.5) is 0 Å². The van der Waals surface area contributed by atoms with E-state index >= 15 is 0 Å². The number of hydrogen-bond acceptors (Lipinski definition) is 2. The molecule has 0 saturated heterocycles. The summed E-state index contributed by atoms with van der Waals surface area (Å²) in [6.45, 7) is 2.51. The number of hydrogen-bond donors (Lipinski definition) is 1. The average molecular weight is 251 g/mol. The van der Waals surface area contributed by atoms with Crippen LogP contribution in [-0.2, 0) is 13.0 Å². The number of nitrogens with zero attached hydrogens (tertiary/aromatic N) is 2. The van der Waals surface area contributed by atoms with E-state index < -0.39 is 0 Å². The van der Waals surface area contributed by atoms with Crippen LogP contribution in [0, 0.1) is 0 Å². The fourth-order valence-corrected chi connectivity index (χ4v) is 1.85. The summed E-state index contributed by atoms with van der Waals surface area (Å²) in [5.74, 6) is 0.898. The topological polar surface area (TPSA) is 38.1 Å². The normalized spacial score (nSPS) is 12.6. The molecule has 0 bridgehead atoms. The summed E-state index contributed by atoms with van der Waals surface area (Å²) in [4.78, 5) is 4.25. The Morgan fingerprint density at radius 2 is 2.06 bits per heavy atom. The first-order valence-electron chi connectivity index (χ1n) is 5.57. The second-order valence-electron chi connectivity index (χ2n) is 4.15. The fourth-order valence-electron chi connectivity index (χ4n) is 1.72. The molecule has 0 amide bonds. The average Bonchev–Trinajstić information content (AvgIpc) is 2.68. The molecule has 1 aromatic carbocycles. The molecule has 0 spiro atoms. The molecule has 0 aliphatic heterocycles. The van der Waals surface area contributed by atoms with Crippen LogP contribution in [0.15, 0.2) is 36.7 Å². The van der Waals surface area contributed by atoms with Crippen molar-refractivity contribution in [3.63, 3.8) is 0 Å². The lowest BCUT2D eigenvalue weighted by atomic mass is 10.2. The molecule has 2 rings (SSSR count). The lowest BCUT2D eigenvalue weighted by molar-refractivity contribution is 0.191. The summed E-state index contributed by atoms with van der Waals surface area (Å²) < 4.78 is 2.04. The van der Waals surface area contributed by atoms with Gasteiger partial charge in [0.2, 0.25) is 0 Å². The smallest absolute Gasteiger partial charge is 0.111 e. The van der Waals surface area contributed by atoms with Crippen LogP contribution < -0.4 is 0 Å². The van der Waals surface area contributed by atoms with Crippen LogP contribution in [0.3, 0.4) is 0 Å². The van der Waals surface area contributed by atoms with Crippen molar-refractivity contribution >= 4 is 11.6 Å². The minimum absolute atomic E-state index is 0.374. The van der Waals surface area contributed by atoms with Gasteiger partial charge in [-0.15, -0.1) is 0 Å². The summed E-state index contributed by atoms with van der Waals surface area (Å²) in [5, 5.41) is 10.1. The largest absolute Gasteiger partial charge is 0.393 e. The third-order valence-electron chi connectivity index (χ3n) is 2.55. The molecule has 0 radical (unpaired) electrons. The molecule has 1 aromatic heterocycles. The Morgan fingerprint density at radius 3 is 2.71 bits per heavy atom. The van der Waals surface area contributed by atoms with Gasteiger partial charge in [-0.2, -0.15) is 0 Å². The molecule has 90 valence electrons. The third-order valence-corrected chi connectivity index (χ3v) is 2.80. The van der Waals surface area contributed by atoms with Crippen LogP contribution >= 0.6 is 11.6 Å². The second kappa shape index (κ2) is 5.34. The highest BCUT2D eigenvalue weighted by Gasteiger charge is 2.06. The van der Waals surface area contributed by atoms with Gasteiger partial charge in [-0.25, -0.2) is 4.98 Å². The molecule has 1 heterocycles. The van der Waals surface area contributed by atoms with Crippen molar-refractivity contribution in [3.8, 4) is 0 Å². The Kier molecular flexibility index (Phi) is 3.82. The maximum atomic E-state index is 9.38. The van der Waals surface area contributed by atoms with E-state index in [0.29, 0.717) is 6.42 Å². The van der Waals surface area contributed by atoms with E-state index in [-0.39, 0.29) is 6.10 Å². The predicted octanol–water partition coefficient (Wildman–Crippen LogP) is 2.51. The molecule has 0 aliphatic rings. The maximum Gasteiger partial charge on any atom is 0.111 e. The highest BCUT2D eigenvalue weighted by atomic mass is 35.5. The fraction of sp³-hybridized carbons (Fsp3) is 0.308. The SMILES string of the molecule is CC(O)Cc1nccn1Cc1ccc(Cl)cc1. The number of rotatable bonds is 4. The van der Waals surface area contributed by atoms with Gasteiger partial charge in [0.1, 0.15) is 5.82 Å². The van der Waals surface area contributed by atoms with Gasteiger partial charge < -0.3 is 9.67 Å². The van der Waals surface area contributed by atoms with E-state index in [1.54, 1.807) is 13.1 Å². The van der Waals surface area contributed by atoms with Crippen molar-refractivity contribution in [1.29, 1.82) is 0 Å². The van der Waals surface area contributed by atoms with Crippen LogP contribution in [0.25, 0.3) is 0 Å². The van der Waals surface area contributed by atoms with E-state index in [4.69, 9.17) is 11.6 Å². The quantitative estimate of drug-likeness (QED) is 0.906. The lowest BCUT2D eigenvalue weighted by Gasteiger charge is -2.09. The van der Waals surface area contributed by atoms with Gasteiger partial charge in [-0.05, 0) is 24.6 Å². The standard InChI is InChI=1S/C13H15ClN2O/c1-10(17)8-13-15-6-7-16(13)9-11-2-4-12(14)5-3-11/h2-7,10,17H,8-9H2,1H3. The molecule has 3 nitrogen and oxygen atoms in total. The van der Waals surface area contributed by atoms with E-state index in [0.717, 1.165) is 17.4 Å². The molecule has 1 N–H and O–H groups in total. The van der Waals surface area contributed by atoms with E-state index in [9.17, 15) is 5.11 Å². The Labute approximate surface area is 106 Å². The highest BCUT2D eigenvalue weighted by molar-refractivity contribution is 6.30. The Balaban J connectivity index is 2.13. The van der Waals surface area contributed by atoms with Crippen molar-refractivity contribution < 1.29 is 5.11 Å². The van der Waals surface area contributed by atoms with E-state index in [1.165, 1.54) is 5.56 Å². The minimum atomic E-state index is -0.374. The summed E-state index contributed by atoms with van der Waals surface area (Å²) >= 11 is 5.84. The third kappa shape index (κ3) is 3.32. The molecule has 2 aromatic rings. The van der Waals surface area contributed by atoms with Gasteiger partial charge in [0.05, 0.1) is 6.10 Å². The Hall–Kier alpha value is -1.32. The lowest BCUT2D eigenvalue weighted by Crippen LogP contribution is -2.11. The van der Waals surface area contributed by atoms with E-state index in [2.05, 4.69) is 4.98 Å². The van der Waals surface area contributed by atoms with Crippen molar-refractivity contribution in [2.45, 2.75) is 26.0 Å². The summed E-state index contributed by atoms with van der Waals surface area (Å²) in [6, 6.07) is 7.74. The number of aromatic nitrogens is 2. The van der Waals surface area contributed by atoms with E-state index in [1.807, 2.05) is 35.0 Å². The summed E-state index contributed by atoms with van der Waals surface area (Å²) in [6.07, 6.45) is 3.88. The highest BCUT2D eigenvalue weighted by Crippen LogP contribution is 2.12. The Bertz CT molecular complexity index is 476. The summed E-state index contributed by atoms with van der Waals surface area (Å²) in [5.41, 5.74) is 1.17. The molecule has 1 atom stereocenters. The first-order chi connectivity index (χ1) is 8.15. The second-order valence-corrected chi connectivity index (χ2v) is 4.59. The molecule has 0 saturated carbocycles. The monoisotopic (exact) mass is 250 g/mol. The number of aliphatic hydroxyl groups is 1. The van der Waals surface area contributed by atoms with Gasteiger partial charge in [-0.3, -0.25) is 0 Å². The van der Waals surface area contributed by atoms with Crippen molar-refractivity contribution in [1.82, 2.24) is 9.55 Å². The summed E-state index contributed by atoms with van der Waals surface area (Å²) in [7, 11) is 0. The van der Waals surface area contributed by atoms with Gasteiger partial charge in [0.15, 0.2) is 0 Å². The van der Waals surface area contributed by atoms with Gasteiger partial charge in [0.25, 0.3) is 0 Å². The first kappa shape index (κ1) is 12.1. The molecular formula is C13H15ClN2O. The molecule has 0 fully saturated rings. The van der Waals surface area contributed by atoms with Crippen molar-refractivity contribution in [2.75, 3.05) is 0 Å². The van der Waals surface area contributed by atoms with Crippen LogP contribution in [-0.4, -0.2) is 20.8 Å². The van der Waals surface area contributed by atoms with Crippen molar-refractivity contribution in [2.24, 2.45) is 0 Å². The zero-order valence-electron chi connectivity index (χ0n) is 9.68. The van der Waals surface area contributed by atoms with Crippen LogP contribution in [0.2, 0.25) is 5.02 Å². The molecule has 1 unspecified atom stereocenters. The van der Waals surface area contributed by atoms with Crippen LogP contribution in [0.1, 0.15) is 18.3 Å². The number of aliphatic hydroxyl groups excluding tert-OH is 1. The molecule has 4 heteroatoms. The van der Waals surface area contributed by atoms with Gasteiger partial charge >= 0.3 is 0 Å². The number of halogens is 1. The van der Waals surface area contributed by atoms with Gasteiger partial charge in [0, 0.05) is 30.4 Å². The molecular weight excluding hydrogens is 236 g/mol. The predicted molar refractivity (Wildman–Crippen MR) is 68.2 cm³/mol. The van der Waals surface area contributed by atoms with Crippen molar-refractivity contribution in [3.05, 3.63) is 53.1 Å².